The second-order valence-electron chi connectivity index (χ2n) is 6.73. The van der Waals surface area contributed by atoms with Crippen molar-refractivity contribution in [1.82, 2.24) is 0 Å². The fraction of sp³-hybridized carbons (Fsp3) is 0.933. The van der Waals surface area contributed by atoms with E-state index >= 15 is 0 Å². The molecule has 0 spiro atoms. The molecule has 4 nitrogen and oxygen atoms in total. The number of aliphatic hydroxyl groups excluding tert-OH is 1. The Morgan fingerprint density at radius 2 is 2.00 bits per heavy atom. The van der Waals surface area contributed by atoms with Crippen molar-refractivity contribution >= 4 is 5.97 Å². The molecule has 3 rings (SSSR count). The molecule has 0 amide bonds. The number of carboxylic acids is 1. The highest BCUT2D eigenvalue weighted by atomic mass is 16.5. The van der Waals surface area contributed by atoms with Gasteiger partial charge in [-0.3, -0.25) is 4.79 Å². The zero-order chi connectivity index (χ0) is 13.5. The summed E-state index contributed by atoms with van der Waals surface area (Å²) in [5.74, 6) is -0.175. The molecule has 2 saturated heterocycles. The van der Waals surface area contributed by atoms with Gasteiger partial charge in [-0.1, -0.05) is 25.7 Å². The summed E-state index contributed by atoms with van der Waals surface area (Å²) in [6.07, 6.45) is 7.92. The van der Waals surface area contributed by atoms with Gasteiger partial charge in [0.15, 0.2) is 0 Å². The van der Waals surface area contributed by atoms with Crippen LogP contribution >= 0.6 is 0 Å². The molecule has 0 aromatic rings. The second kappa shape index (κ2) is 5.06. The van der Waals surface area contributed by atoms with Crippen LogP contribution in [0, 0.1) is 11.3 Å². The molecule has 2 heterocycles. The molecule has 2 aliphatic heterocycles. The Hall–Kier alpha value is -0.610. The highest BCUT2D eigenvalue weighted by Gasteiger charge is 2.57. The van der Waals surface area contributed by atoms with Gasteiger partial charge in [-0.25, -0.2) is 0 Å². The van der Waals surface area contributed by atoms with Crippen molar-refractivity contribution in [2.45, 2.75) is 76.1 Å². The maximum Gasteiger partial charge on any atom is 0.312 e. The van der Waals surface area contributed by atoms with Crippen LogP contribution in [0.25, 0.3) is 0 Å². The summed E-state index contributed by atoms with van der Waals surface area (Å²) in [6, 6.07) is 0. The lowest BCUT2D eigenvalue weighted by Crippen LogP contribution is -2.43. The number of aliphatic hydroxyl groups is 1. The van der Waals surface area contributed by atoms with Gasteiger partial charge < -0.3 is 14.9 Å². The third kappa shape index (κ3) is 2.40. The monoisotopic (exact) mass is 268 g/mol. The van der Waals surface area contributed by atoms with Crippen LogP contribution in [0.5, 0.6) is 0 Å². The molecule has 0 aromatic heterocycles. The smallest absolute Gasteiger partial charge is 0.312 e. The standard InChI is InChI=1S/C15H24O4/c16-11(7-10-3-1-2-4-10)8-15(14(17)18)9-12-5-6-13(15)19-12/h10-13,16H,1-9H2,(H,17,18). The maximum absolute atomic E-state index is 11.7. The van der Waals surface area contributed by atoms with E-state index in [1.54, 1.807) is 0 Å². The highest BCUT2D eigenvalue weighted by Crippen LogP contribution is 2.51. The van der Waals surface area contributed by atoms with Gasteiger partial charge in [-0.15, -0.1) is 0 Å². The van der Waals surface area contributed by atoms with Gasteiger partial charge in [0, 0.05) is 0 Å². The number of ether oxygens (including phenoxy) is 1. The van der Waals surface area contributed by atoms with Gasteiger partial charge in [0.2, 0.25) is 0 Å². The summed E-state index contributed by atoms with van der Waals surface area (Å²) in [7, 11) is 0. The van der Waals surface area contributed by atoms with E-state index < -0.39 is 17.5 Å². The fourth-order valence-corrected chi connectivity index (χ4v) is 4.46. The number of rotatable bonds is 5. The fourth-order valence-electron chi connectivity index (χ4n) is 4.46. The van der Waals surface area contributed by atoms with Crippen molar-refractivity contribution in [3.8, 4) is 0 Å². The van der Waals surface area contributed by atoms with Gasteiger partial charge in [-0.05, 0) is 38.0 Å². The largest absolute Gasteiger partial charge is 0.481 e. The minimum Gasteiger partial charge on any atom is -0.481 e. The Labute approximate surface area is 114 Å². The Bertz CT molecular complexity index is 350. The van der Waals surface area contributed by atoms with E-state index in [-0.39, 0.29) is 12.2 Å². The number of hydrogen-bond donors (Lipinski definition) is 2. The molecule has 19 heavy (non-hydrogen) atoms. The van der Waals surface area contributed by atoms with Crippen molar-refractivity contribution < 1.29 is 19.7 Å². The summed E-state index contributed by atoms with van der Waals surface area (Å²) in [5.41, 5.74) is -0.819. The normalized spacial score (nSPS) is 39.8. The molecule has 3 aliphatic rings. The first-order chi connectivity index (χ1) is 9.10. The van der Waals surface area contributed by atoms with Gasteiger partial charge in [-0.2, -0.15) is 0 Å². The van der Waals surface area contributed by atoms with E-state index in [4.69, 9.17) is 4.74 Å². The van der Waals surface area contributed by atoms with Crippen molar-refractivity contribution in [1.29, 1.82) is 0 Å². The average Bonchev–Trinajstić information content (AvgIpc) is 3.04. The Morgan fingerprint density at radius 3 is 2.53 bits per heavy atom. The van der Waals surface area contributed by atoms with Crippen molar-refractivity contribution in [3.05, 3.63) is 0 Å². The number of aliphatic carboxylic acids is 1. The van der Waals surface area contributed by atoms with Crippen LogP contribution in [0.15, 0.2) is 0 Å². The van der Waals surface area contributed by atoms with E-state index in [1.807, 2.05) is 0 Å². The molecule has 3 fully saturated rings. The number of fused-ring (bicyclic) bond motifs is 2. The average molecular weight is 268 g/mol. The van der Waals surface area contributed by atoms with Crippen LogP contribution in [0.4, 0.5) is 0 Å². The van der Waals surface area contributed by atoms with Crippen LogP contribution in [-0.4, -0.2) is 34.5 Å². The van der Waals surface area contributed by atoms with Gasteiger partial charge in [0.25, 0.3) is 0 Å². The number of carboxylic acid groups (broad SMARTS) is 1. The zero-order valence-corrected chi connectivity index (χ0v) is 11.4. The first-order valence-corrected chi connectivity index (χ1v) is 7.67. The molecule has 2 bridgehead atoms. The van der Waals surface area contributed by atoms with E-state index in [0.717, 1.165) is 19.3 Å². The lowest BCUT2D eigenvalue weighted by molar-refractivity contribution is -0.155. The molecule has 0 aromatic carbocycles. The molecule has 1 saturated carbocycles. The van der Waals surface area contributed by atoms with Gasteiger partial charge in [0.05, 0.1) is 23.7 Å². The maximum atomic E-state index is 11.7. The predicted octanol–water partition coefficient (Wildman–Crippen LogP) is 2.34. The molecule has 0 radical (unpaired) electrons. The third-order valence-electron chi connectivity index (χ3n) is 5.42. The topological polar surface area (TPSA) is 66.8 Å². The van der Waals surface area contributed by atoms with Crippen molar-refractivity contribution in [3.63, 3.8) is 0 Å². The summed E-state index contributed by atoms with van der Waals surface area (Å²) >= 11 is 0. The molecule has 4 heteroatoms. The molecule has 1 aliphatic carbocycles. The first kappa shape index (κ1) is 13.4. The lowest BCUT2D eigenvalue weighted by Gasteiger charge is -2.33. The number of hydrogen-bond acceptors (Lipinski definition) is 3. The molecule has 2 N–H and O–H groups in total. The van der Waals surface area contributed by atoms with Crippen LogP contribution < -0.4 is 0 Å². The van der Waals surface area contributed by atoms with E-state index in [1.165, 1.54) is 25.7 Å². The molecular formula is C15H24O4. The number of carbonyl (C=O) groups is 1. The molecule has 4 unspecified atom stereocenters. The first-order valence-electron chi connectivity index (χ1n) is 7.67. The third-order valence-corrected chi connectivity index (χ3v) is 5.42. The van der Waals surface area contributed by atoms with Gasteiger partial charge in [0.1, 0.15) is 0 Å². The minimum atomic E-state index is -0.819. The highest BCUT2D eigenvalue weighted by molar-refractivity contribution is 5.76. The second-order valence-corrected chi connectivity index (χ2v) is 6.73. The Balaban J connectivity index is 1.63. The lowest BCUT2D eigenvalue weighted by atomic mass is 9.69. The zero-order valence-electron chi connectivity index (χ0n) is 11.4. The summed E-state index contributed by atoms with van der Waals surface area (Å²) in [4.78, 5) is 11.7. The van der Waals surface area contributed by atoms with E-state index in [9.17, 15) is 15.0 Å². The van der Waals surface area contributed by atoms with Crippen LogP contribution in [0.1, 0.15) is 57.8 Å². The molecular weight excluding hydrogens is 244 g/mol. The summed E-state index contributed by atoms with van der Waals surface area (Å²) in [5, 5.41) is 19.9. The van der Waals surface area contributed by atoms with Crippen LogP contribution in [0.3, 0.4) is 0 Å². The van der Waals surface area contributed by atoms with Crippen LogP contribution in [0.2, 0.25) is 0 Å². The summed E-state index contributed by atoms with van der Waals surface area (Å²) < 4.78 is 5.73. The van der Waals surface area contributed by atoms with E-state index in [0.29, 0.717) is 18.8 Å². The molecule has 108 valence electrons. The minimum absolute atomic E-state index is 0.111. The molecule has 4 atom stereocenters. The Kier molecular flexibility index (Phi) is 3.56. The Morgan fingerprint density at radius 1 is 1.26 bits per heavy atom. The predicted molar refractivity (Wildman–Crippen MR) is 69.8 cm³/mol. The SMILES string of the molecule is O=C(O)C1(CC(O)CC2CCCC2)CC2CCC1O2. The van der Waals surface area contributed by atoms with Crippen molar-refractivity contribution in [2.24, 2.45) is 11.3 Å². The quantitative estimate of drug-likeness (QED) is 0.803. The van der Waals surface area contributed by atoms with Gasteiger partial charge >= 0.3 is 5.97 Å². The van der Waals surface area contributed by atoms with E-state index in [2.05, 4.69) is 0 Å². The van der Waals surface area contributed by atoms with Crippen LogP contribution in [-0.2, 0) is 9.53 Å². The summed E-state index contributed by atoms with van der Waals surface area (Å²) in [6.45, 7) is 0. The van der Waals surface area contributed by atoms with Crippen molar-refractivity contribution in [2.75, 3.05) is 0 Å².